The van der Waals surface area contributed by atoms with Gasteiger partial charge < -0.3 is 10.5 Å². The number of likely N-dealkylation sites (tertiary alicyclic amines) is 1. The zero-order chi connectivity index (χ0) is 15.5. The van der Waals surface area contributed by atoms with E-state index in [1.54, 1.807) is 13.2 Å². The van der Waals surface area contributed by atoms with Gasteiger partial charge >= 0.3 is 6.18 Å². The fourth-order valence-corrected chi connectivity index (χ4v) is 2.70. The molecule has 2 rings (SSSR count). The van der Waals surface area contributed by atoms with Gasteiger partial charge in [0.1, 0.15) is 0 Å². The van der Waals surface area contributed by atoms with Crippen molar-refractivity contribution in [1.29, 1.82) is 0 Å². The van der Waals surface area contributed by atoms with E-state index in [1.807, 2.05) is 0 Å². The van der Waals surface area contributed by atoms with Crippen molar-refractivity contribution in [3.05, 3.63) is 35.4 Å². The lowest BCUT2D eigenvalue weighted by Gasteiger charge is -2.33. The van der Waals surface area contributed by atoms with Crippen molar-refractivity contribution in [2.24, 2.45) is 5.73 Å². The van der Waals surface area contributed by atoms with Crippen molar-refractivity contribution < 1.29 is 17.9 Å². The fraction of sp³-hybridized carbons (Fsp3) is 0.600. The van der Waals surface area contributed by atoms with Gasteiger partial charge in [0.15, 0.2) is 0 Å². The maximum atomic E-state index is 12.7. The molecule has 0 aliphatic carbocycles. The molecule has 2 N–H and O–H groups in total. The van der Waals surface area contributed by atoms with Crippen LogP contribution in [0.3, 0.4) is 0 Å². The molecule has 0 spiro atoms. The predicted octanol–water partition coefficient (Wildman–Crippen LogP) is 2.82. The summed E-state index contributed by atoms with van der Waals surface area (Å²) in [7, 11) is 1.68. The minimum atomic E-state index is -4.33. The van der Waals surface area contributed by atoms with E-state index in [1.165, 1.54) is 6.07 Å². The lowest BCUT2D eigenvalue weighted by atomic mass is 10.0. The van der Waals surface area contributed by atoms with Gasteiger partial charge in [-0.1, -0.05) is 12.1 Å². The standard InChI is InChI=1S/C15H21F3N2O/c1-21-13-6-3-7-20(9-13)10-14(19)11-4-2-5-12(8-11)15(16,17)18/h2,4-5,8,13-14H,3,6-7,9-10,19H2,1H3. The highest BCUT2D eigenvalue weighted by Gasteiger charge is 2.31. The third kappa shape index (κ3) is 4.43. The Hall–Kier alpha value is -1.11. The highest BCUT2D eigenvalue weighted by molar-refractivity contribution is 5.28. The van der Waals surface area contributed by atoms with E-state index in [-0.39, 0.29) is 6.10 Å². The summed E-state index contributed by atoms with van der Waals surface area (Å²) in [5.74, 6) is 0. The molecule has 118 valence electrons. The lowest BCUT2D eigenvalue weighted by Crippen LogP contribution is -2.42. The second kappa shape index (κ2) is 6.77. The van der Waals surface area contributed by atoms with Crippen LogP contribution >= 0.6 is 0 Å². The summed E-state index contributed by atoms with van der Waals surface area (Å²) in [5, 5.41) is 0. The number of nitrogens with two attached hydrogens (primary N) is 1. The molecule has 6 heteroatoms. The van der Waals surface area contributed by atoms with Gasteiger partial charge in [-0.15, -0.1) is 0 Å². The molecule has 0 saturated carbocycles. The molecular formula is C15H21F3N2O. The van der Waals surface area contributed by atoms with Crippen LogP contribution in [0.2, 0.25) is 0 Å². The van der Waals surface area contributed by atoms with E-state index in [0.717, 1.165) is 38.1 Å². The van der Waals surface area contributed by atoms with Gasteiger partial charge in [0.05, 0.1) is 11.7 Å². The van der Waals surface area contributed by atoms with E-state index in [2.05, 4.69) is 4.90 Å². The third-order valence-electron chi connectivity index (χ3n) is 3.89. The minimum absolute atomic E-state index is 0.187. The zero-order valence-corrected chi connectivity index (χ0v) is 12.1. The van der Waals surface area contributed by atoms with Gasteiger partial charge in [-0.25, -0.2) is 0 Å². The van der Waals surface area contributed by atoms with Gasteiger partial charge in [-0.05, 0) is 37.1 Å². The molecule has 1 aliphatic rings. The van der Waals surface area contributed by atoms with Crippen molar-refractivity contribution in [3.8, 4) is 0 Å². The van der Waals surface area contributed by atoms with E-state index in [4.69, 9.17) is 10.5 Å². The highest BCUT2D eigenvalue weighted by atomic mass is 19.4. The zero-order valence-electron chi connectivity index (χ0n) is 12.1. The van der Waals surface area contributed by atoms with Crippen molar-refractivity contribution in [1.82, 2.24) is 4.90 Å². The molecule has 3 nitrogen and oxygen atoms in total. The molecule has 0 amide bonds. The molecule has 1 aliphatic heterocycles. The average molecular weight is 302 g/mol. The quantitative estimate of drug-likeness (QED) is 0.929. The van der Waals surface area contributed by atoms with E-state index in [0.29, 0.717) is 12.1 Å². The van der Waals surface area contributed by atoms with Crippen LogP contribution in [-0.4, -0.2) is 37.7 Å². The largest absolute Gasteiger partial charge is 0.416 e. The maximum Gasteiger partial charge on any atom is 0.416 e. The Kier molecular flexibility index (Phi) is 5.24. The summed E-state index contributed by atoms with van der Waals surface area (Å²) in [5.41, 5.74) is 5.94. The minimum Gasteiger partial charge on any atom is -0.380 e. The topological polar surface area (TPSA) is 38.5 Å². The number of benzene rings is 1. The van der Waals surface area contributed by atoms with Crippen LogP contribution < -0.4 is 5.73 Å². The molecule has 0 bridgehead atoms. The first kappa shape index (κ1) is 16.3. The van der Waals surface area contributed by atoms with Crippen molar-refractivity contribution in [3.63, 3.8) is 0 Å². The number of ether oxygens (including phenoxy) is 1. The van der Waals surface area contributed by atoms with Crippen LogP contribution in [0.5, 0.6) is 0 Å². The first-order chi connectivity index (χ1) is 9.90. The molecule has 21 heavy (non-hydrogen) atoms. The second-order valence-electron chi connectivity index (χ2n) is 5.49. The number of methoxy groups -OCH3 is 1. The Morgan fingerprint density at radius 2 is 2.19 bits per heavy atom. The molecule has 2 unspecified atom stereocenters. The van der Waals surface area contributed by atoms with E-state index < -0.39 is 17.8 Å². The average Bonchev–Trinajstić information content (AvgIpc) is 2.46. The molecule has 0 radical (unpaired) electrons. The van der Waals surface area contributed by atoms with Gasteiger partial charge in [-0.2, -0.15) is 13.2 Å². The molecule has 1 fully saturated rings. The van der Waals surface area contributed by atoms with Crippen LogP contribution in [0.15, 0.2) is 24.3 Å². The van der Waals surface area contributed by atoms with Crippen molar-refractivity contribution in [2.75, 3.05) is 26.7 Å². The van der Waals surface area contributed by atoms with Crippen molar-refractivity contribution >= 4 is 0 Å². The monoisotopic (exact) mass is 302 g/mol. The number of rotatable bonds is 4. The Balaban J connectivity index is 2.01. The van der Waals surface area contributed by atoms with Gasteiger partial charge in [-0.3, -0.25) is 4.90 Å². The lowest BCUT2D eigenvalue weighted by molar-refractivity contribution is -0.137. The number of alkyl halides is 3. The van der Waals surface area contributed by atoms with Gasteiger partial charge in [0, 0.05) is 26.2 Å². The van der Waals surface area contributed by atoms with Crippen LogP contribution in [0.4, 0.5) is 13.2 Å². The second-order valence-corrected chi connectivity index (χ2v) is 5.49. The summed E-state index contributed by atoms with van der Waals surface area (Å²) in [6.07, 6.45) is -2.10. The van der Waals surface area contributed by atoms with Gasteiger partial charge in [0.2, 0.25) is 0 Å². The number of halogens is 3. The summed E-state index contributed by atoms with van der Waals surface area (Å²) >= 11 is 0. The molecule has 1 aromatic rings. The number of hydrogen-bond donors (Lipinski definition) is 1. The SMILES string of the molecule is COC1CCCN(CC(N)c2cccc(C(F)(F)F)c2)C1. The van der Waals surface area contributed by atoms with Gasteiger partial charge in [0.25, 0.3) is 0 Å². The van der Waals surface area contributed by atoms with E-state index in [9.17, 15) is 13.2 Å². The fourth-order valence-electron chi connectivity index (χ4n) is 2.70. The molecule has 1 heterocycles. The number of piperidine rings is 1. The Labute approximate surface area is 122 Å². The molecule has 1 saturated heterocycles. The Morgan fingerprint density at radius 1 is 1.43 bits per heavy atom. The number of hydrogen-bond acceptors (Lipinski definition) is 3. The van der Waals surface area contributed by atoms with Crippen molar-refractivity contribution in [2.45, 2.75) is 31.2 Å². The van der Waals surface area contributed by atoms with Crippen LogP contribution in [-0.2, 0) is 10.9 Å². The third-order valence-corrected chi connectivity index (χ3v) is 3.89. The number of nitrogens with zero attached hydrogens (tertiary/aromatic N) is 1. The summed E-state index contributed by atoms with van der Waals surface area (Å²) in [4.78, 5) is 2.16. The smallest absolute Gasteiger partial charge is 0.380 e. The molecule has 0 aromatic heterocycles. The van der Waals surface area contributed by atoms with Crippen LogP contribution in [0.1, 0.15) is 30.0 Å². The molecule has 1 aromatic carbocycles. The summed E-state index contributed by atoms with van der Waals surface area (Å²) in [6, 6.07) is 4.84. The van der Waals surface area contributed by atoms with Crippen LogP contribution in [0.25, 0.3) is 0 Å². The Bertz CT molecular complexity index is 464. The maximum absolute atomic E-state index is 12.7. The summed E-state index contributed by atoms with van der Waals surface area (Å²) < 4.78 is 43.5. The first-order valence-electron chi connectivity index (χ1n) is 7.08. The Morgan fingerprint density at radius 3 is 2.86 bits per heavy atom. The first-order valence-corrected chi connectivity index (χ1v) is 7.08. The highest BCUT2D eigenvalue weighted by Crippen LogP contribution is 2.30. The summed E-state index contributed by atoms with van der Waals surface area (Å²) in [6.45, 7) is 2.23. The van der Waals surface area contributed by atoms with E-state index >= 15 is 0 Å². The molecular weight excluding hydrogens is 281 g/mol. The predicted molar refractivity (Wildman–Crippen MR) is 74.8 cm³/mol. The molecule has 2 atom stereocenters. The normalized spacial score (nSPS) is 22.2. The van der Waals surface area contributed by atoms with Crippen LogP contribution in [0, 0.1) is 0 Å².